The Labute approximate surface area is 199 Å². The molecule has 34 heavy (non-hydrogen) atoms. The van der Waals surface area contributed by atoms with Crippen molar-refractivity contribution in [3.05, 3.63) is 64.9 Å². The van der Waals surface area contributed by atoms with Crippen LogP contribution in [0.1, 0.15) is 37.3 Å². The van der Waals surface area contributed by atoms with E-state index in [1.54, 1.807) is 35.2 Å². The summed E-state index contributed by atoms with van der Waals surface area (Å²) in [5.74, 6) is -3.93. The highest BCUT2D eigenvalue weighted by Gasteiger charge is 2.54. The molecule has 3 fully saturated rings. The average molecular weight is 494 g/mol. The number of benzene rings is 2. The summed E-state index contributed by atoms with van der Waals surface area (Å²) >= 11 is 6.46. The van der Waals surface area contributed by atoms with Crippen LogP contribution in [0.25, 0.3) is 0 Å². The molecule has 0 aromatic heterocycles. The van der Waals surface area contributed by atoms with Gasteiger partial charge in [-0.1, -0.05) is 35.9 Å². The number of alkyl halides is 2. The number of halogens is 4. The largest absolute Gasteiger partial charge is 0.351 e. The number of epoxide rings is 1. The highest BCUT2D eigenvalue weighted by atomic mass is 35.5. The van der Waals surface area contributed by atoms with Gasteiger partial charge in [0.05, 0.1) is 6.04 Å². The van der Waals surface area contributed by atoms with Crippen molar-refractivity contribution in [3.8, 4) is 0 Å². The van der Waals surface area contributed by atoms with Crippen LogP contribution in [0.5, 0.6) is 0 Å². The maximum absolute atomic E-state index is 14.2. The van der Waals surface area contributed by atoms with Crippen molar-refractivity contribution in [2.24, 2.45) is 0 Å². The molecule has 2 heterocycles. The average Bonchev–Trinajstić information content (AvgIpc) is 3.42. The van der Waals surface area contributed by atoms with E-state index in [4.69, 9.17) is 16.3 Å². The van der Waals surface area contributed by atoms with Crippen LogP contribution in [0.2, 0.25) is 5.02 Å². The highest BCUT2D eigenvalue weighted by molar-refractivity contribution is 6.31. The number of hydrogen-bond donors (Lipinski definition) is 2. The molecule has 2 aliphatic heterocycles. The number of carbonyl (C=O) groups is 2. The van der Waals surface area contributed by atoms with Gasteiger partial charge in [-0.25, -0.2) is 13.2 Å². The molecular formula is C24H23ClF3N3O3. The van der Waals surface area contributed by atoms with Crippen molar-refractivity contribution in [1.29, 1.82) is 0 Å². The summed E-state index contributed by atoms with van der Waals surface area (Å²) in [5, 5.41) is 5.87. The van der Waals surface area contributed by atoms with Gasteiger partial charge in [-0.05, 0) is 30.7 Å². The van der Waals surface area contributed by atoms with E-state index < -0.39 is 54.9 Å². The first kappa shape index (κ1) is 23.0. The second kappa shape index (κ2) is 8.78. The van der Waals surface area contributed by atoms with E-state index in [0.29, 0.717) is 29.1 Å². The third-order valence-electron chi connectivity index (χ3n) is 6.47. The standard InChI is InChI=1S/C24H23ClF3N3O3/c25-17-7-2-1-6-16(17)20(22(33)29-14-11-24(27,28)12-14)31(15-5-3-4-13(26)10-15)23-21(34-23)18-8-9-19(32)30-18/h1-7,10,14,18,20-21,23H,8-9,11-12H2,(H,29,33)(H,30,32). The number of nitrogens with one attached hydrogen (secondary N) is 2. The molecule has 4 unspecified atom stereocenters. The molecule has 6 nitrogen and oxygen atoms in total. The Kier molecular flexibility index (Phi) is 5.93. The molecule has 5 rings (SSSR count). The Morgan fingerprint density at radius 3 is 2.62 bits per heavy atom. The van der Waals surface area contributed by atoms with E-state index in [1.165, 1.54) is 18.2 Å². The van der Waals surface area contributed by atoms with Crippen LogP contribution in [0.4, 0.5) is 18.9 Å². The van der Waals surface area contributed by atoms with Crippen molar-refractivity contribution >= 4 is 29.1 Å². The first-order valence-electron chi connectivity index (χ1n) is 11.1. The monoisotopic (exact) mass is 493 g/mol. The molecule has 10 heteroatoms. The first-order valence-corrected chi connectivity index (χ1v) is 11.5. The van der Waals surface area contributed by atoms with Crippen molar-refractivity contribution < 1.29 is 27.5 Å². The summed E-state index contributed by atoms with van der Waals surface area (Å²) in [6.07, 6.45) is -0.992. The Morgan fingerprint density at radius 2 is 1.97 bits per heavy atom. The van der Waals surface area contributed by atoms with Crippen LogP contribution in [-0.4, -0.2) is 42.2 Å². The predicted octanol–water partition coefficient (Wildman–Crippen LogP) is 3.94. The maximum Gasteiger partial charge on any atom is 0.252 e. The second-order valence-corrected chi connectivity index (χ2v) is 9.39. The third kappa shape index (κ3) is 4.59. The molecule has 1 saturated carbocycles. The normalized spacial score (nSPS) is 26.4. The minimum atomic E-state index is -2.80. The van der Waals surface area contributed by atoms with E-state index in [1.807, 2.05) is 0 Å². The summed E-state index contributed by atoms with van der Waals surface area (Å²) in [6, 6.07) is 10.5. The van der Waals surface area contributed by atoms with Gasteiger partial charge < -0.3 is 20.3 Å². The number of nitrogens with zero attached hydrogens (tertiary/aromatic N) is 1. The summed E-state index contributed by atoms with van der Waals surface area (Å²) in [7, 11) is 0. The quantitative estimate of drug-likeness (QED) is 0.573. The Morgan fingerprint density at radius 1 is 1.21 bits per heavy atom. The predicted molar refractivity (Wildman–Crippen MR) is 119 cm³/mol. The molecule has 180 valence electrons. The number of anilines is 1. The third-order valence-corrected chi connectivity index (χ3v) is 6.81. The molecule has 2 saturated heterocycles. The summed E-state index contributed by atoms with van der Waals surface area (Å²) in [4.78, 5) is 26.9. The fourth-order valence-corrected chi connectivity index (χ4v) is 4.99. The van der Waals surface area contributed by atoms with Gasteiger partial charge in [0.25, 0.3) is 5.92 Å². The molecule has 3 aliphatic rings. The van der Waals surface area contributed by atoms with Crippen LogP contribution in [0.15, 0.2) is 48.5 Å². The van der Waals surface area contributed by atoms with Crippen LogP contribution in [-0.2, 0) is 14.3 Å². The molecule has 2 N–H and O–H groups in total. The summed E-state index contributed by atoms with van der Waals surface area (Å²) in [6.45, 7) is 0. The van der Waals surface area contributed by atoms with Crippen molar-refractivity contribution in [2.45, 2.75) is 62.1 Å². The lowest BCUT2D eigenvalue weighted by molar-refractivity contribution is -0.130. The van der Waals surface area contributed by atoms with Gasteiger partial charge >= 0.3 is 0 Å². The molecule has 4 atom stereocenters. The van der Waals surface area contributed by atoms with Crippen LogP contribution < -0.4 is 15.5 Å². The van der Waals surface area contributed by atoms with Crippen molar-refractivity contribution in [2.75, 3.05) is 4.90 Å². The SMILES string of the molecule is O=C1CCC(C2OC2N(c2cccc(F)c2)C(C(=O)NC2CC(F)(F)C2)c2ccccc2Cl)N1. The molecule has 0 spiro atoms. The van der Waals surface area contributed by atoms with Gasteiger partial charge in [0.1, 0.15) is 18.0 Å². The van der Waals surface area contributed by atoms with Crippen LogP contribution in [0, 0.1) is 5.82 Å². The van der Waals surface area contributed by atoms with Gasteiger partial charge in [0, 0.05) is 41.6 Å². The molecule has 1 aliphatic carbocycles. The van der Waals surface area contributed by atoms with Gasteiger partial charge in [0.15, 0.2) is 6.23 Å². The van der Waals surface area contributed by atoms with Gasteiger partial charge in [-0.3, -0.25) is 9.59 Å². The second-order valence-electron chi connectivity index (χ2n) is 8.98. The molecule has 0 bridgehead atoms. The van der Waals surface area contributed by atoms with E-state index >= 15 is 0 Å². The minimum absolute atomic E-state index is 0.0807. The highest BCUT2D eigenvalue weighted by Crippen LogP contribution is 2.43. The Bertz CT molecular complexity index is 1110. The van der Waals surface area contributed by atoms with Gasteiger partial charge in [-0.2, -0.15) is 0 Å². The molecule has 2 aromatic rings. The zero-order valence-corrected chi connectivity index (χ0v) is 18.8. The fourth-order valence-electron chi connectivity index (χ4n) is 4.75. The number of rotatable bonds is 7. The number of carbonyl (C=O) groups excluding carboxylic acids is 2. The lowest BCUT2D eigenvalue weighted by Crippen LogP contribution is -2.54. The molecular weight excluding hydrogens is 471 g/mol. The summed E-state index contributed by atoms with van der Waals surface area (Å²) in [5.41, 5.74) is 0.803. The fraction of sp³-hybridized carbons (Fsp3) is 0.417. The zero-order chi connectivity index (χ0) is 24.0. The van der Waals surface area contributed by atoms with Gasteiger partial charge in [-0.15, -0.1) is 0 Å². The zero-order valence-electron chi connectivity index (χ0n) is 18.0. The molecule has 2 aromatic carbocycles. The Balaban J connectivity index is 1.51. The van der Waals surface area contributed by atoms with Crippen LogP contribution >= 0.6 is 11.6 Å². The first-order chi connectivity index (χ1) is 16.2. The number of hydrogen-bond acceptors (Lipinski definition) is 4. The summed E-state index contributed by atoms with van der Waals surface area (Å²) < 4.78 is 47.0. The van der Waals surface area contributed by atoms with Gasteiger partial charge in [0.2, 0.25) is 11.8 Å². The van der Waals surface area contributed by atoms with E-state index in [9.17, 15) is 22.8 Å². The lowest BCUT2D eigenvalue weighted by Gasteiger charge is -2.38. The van der Waals surface area contributed by atoms with E-state index in [2.05, 4.69) is 10.6 Å². The minimum Gasteiger partial charge on any atom is -0.351 e. The Hall–Kier alpha value is -2.78. The number of ether oxygens (including phenoxy) is 1. The van der Waals surface area contributed by atoms with Crippen molar-refractivity contribution in [1.82, 2.24) is 10.6 Å². The molecule has 0 radical (unpaired) electrons. The van der Waals surface area contributed by atoms with Crippen LogP contribution in [0.3, 0.4) is 0 Å². The number of amides is 2. The smallest absolute Gasteiger partial charge is 0.252 e. The topological polar surface area (TPSA) is 74.0 Å². The van der Waals surface area contributed by atoms with E-state index in [-0.39, 0.29) is 11.9 Å². The molecule has 2 amide bonds. The maximum atomic E-state index is 14.2. The lowest BCUT2D eigenvalue weighted by atomic mass is 9.87. The van der Waals surface area contributed by atoms with Crippen molar-refractivity contribution in [3.63, 3.8) is 0 Å². The van der Waals surface area contributed by atoms with E-state index in [0.717, 1.165) is 0 Å².